The molecule has 6 heteroatoms. The second-order valence-electron chi connectivity index (χ2n) is 2.38. The van der Waals surface area contributed by atoms with Gasteiger partial charge in [0, 0.05) is 5.56 Å². The zero-order chi connectivity index (χ0) is 10.2. The summed E-state index contributed by atoms with van der Waals surface area (Å²) in [5, 5.41) is 0. The summed E-state index contributed by atoms with van der Waals surface area (Å²) in [4.78, 5) is 0. The zero-order valence-electron chi connectivity index (χ0n) is 6.37. The standard InChI is InChI=1S/C7H6F4N2/c8-1-2-3(9)7(13)5(11)4(10)6(2)12/h1,12-13H2. The lowest BCUT2D eigenvalue weighted by Crippen LogP contribution is -2.08. The van der Waals surface area contributed by atoms with E-state index in [1.807, 2.05) is 0 Å². The fraction of sp³-hybridized carbons (Fsp3) is 0.143. The first kappa shape index (κ1) is 9.63. The molecule has 0 radical (unpaired) electrons. The average molecular weight is 194 g/mol. The fourth-order valence-corrected chi connectivity index (χ4v) is 0.877. The van der Waals surface area contributed by atoms with Crippen LogP contribution in [0.5, 0.6) is 0 Å². The maximum absolute atomic E-state index is 12.9. The number of anilines is 2. The van der Waals surface area contributed by atoms with Gasteiger partial charge in [0.2, 0.25) is 0 Å². The molecule has 1 rings (SSSR count). The quantitative estimate of drug-likeness (QED) is 0.406. The third-order valence-electron chi connectivity index (χ3n) is 1.63. The van der Waals surface area contributed by atoms with Crippen molar-refractivity contribution in [3.8, 4) is 0 Å². The summed E-state index contributed by atoms with van der Waals surface area (Å²) in [5.74, 6) is -4.46. The molecule has 1 aromatic carbocycles. The smallest absolute Gasteiger partial charge is 0.186 e. The number of nitrogens with two attached hydrogens (primary N) is 2. The van der Waals surface area contributed by atoms with Crippen molar-refractivity contribution in [2.45, 2.75) is 6.67 Å². The number of hydrogen-bond acceptors (Lipinski definition) is 2. The normalized spacial score (nSPS) is 10.5. The van der Waals surface area contributed by atoms with Gasteiger partial charge in [0.25, 0.3) is 0 Å². The summed E-state index contributed by atoms with van der Waals surface area (Å²) in [6, 6.07) is 0. The van der Waals surface area contributed by atoms with E-state index >= 15 is 0 Å². The largest absolute Gasteiger partial charge is 0.396 e. The molecule has 0 saturated heterocycles. The molecule has 0 bridgehead atoms. The molecule has 0 aliphatic heterocycles. The van der Waals surface area contributed by atoms with Gasteiger partial charge in [0.05, 0.1) is 5.69 Å². The van der Waals surface area contributed by atoms with Crippen molar-refractivity contribution < 1.29 is 17.6 Å². The summed E-state index contributed by atoms with van der Waals surface area (Å²) in [6.07, 6.45) is 0. The Morgan fingerprint density at radius 1 is 0.846 bits per heavy atom. The van der Waals surface area contributed by atoms with E-state index in [2.05, 4.69) is 0 Å². The van der Waals surface area contributed by atoms with Crippen molar-refractivity contribution in [1.82, 2.24) is 0 Å². The molecule has 0 atom stereocenters. The van der Waals surface area contributed by atoms with Gasteiger partial charge in [-0.15, -0.1) is 0 Å². The molecule has 72 valence electrons. The Hall–Kier alpha value is -1.46. The van der Waals surface area contributed by atoms with Gasteiger partial charge in [-0.2, -0.15) is 0 Å². The Kier molecular flexibility index (Phi) is 2.31. The van der Waals surface area contributed by atoms with Crippen LogP contribution >= 0.6 is 0 Å². The maximum atomic E-state index is 12.9. The molecular formula is C7H6F4N2. The number of hydrogen-bond donors (Lipinski definition) is 2. The fourth-order valence-electron chi connectivity index (χ4n) is 0.877. The number of nitrogen functional groups attached to an aromatic ring is 2. The van der Waals surface area contributed by atoms with Crippen LogP contribution in [0.15, 0.2) is 0 Å². The van der Waals surface area contributed by atoms with Gasteiger partial charge in [-0.3, -0.25) is 0 Å². The predicted octanol–water partition coefficient (Wildman–Crippen LogP) is 1.74. The van der Waals surface area contributed by atoms with Crippen LogP contribution < -0.4 is 11.5 Å². The second-order valence-corrected chi connectivity index (χ2v) is 2.38. The minimum Gasteiger partial charge on any atom is -0.396 e. The number of benzene rings is 1. The van der Waals surface area contributed by atoms with Crippen molar-refractivity contribution in [1.29, 1.82) is 0 Å². The second kappa shape index (κ2) is 3.12. The van der Waals surface area contributed by atoms with Crippen molar-refractivity contribution in [2.75, 3.05) is 11.5 Å². The Labute approximate surface area is 71.1 Å². The SMILES string of the molecule is Nc1c(F)c(F)c(N)c(CF)c1F. The Balaban J connectivity index is 3.56. The van der Waals surface area contributed by atoms with E-state index in [0.717, 1.165) is 0 Å². The van der Waals surface area contributed by atoms with E-state index in [9.17, 15) is 17.6 Å². The minimum absolute atomic E-state index is 0.753. The van der Waals surface area contributed by atoms with Crippen LogP contribution in [0.3, 0.4) is 0 Å². The number of rotatable bonds is 1. The van der Waals surface area contributed by atoms with Gasteiger partial charge in [-0.1, -0.05) is 0 Å². The van der Waals surface area contributed by atoms with Crippen LogP contribution in [0, 0.1) is 17.5 Å². The molecule has 2 nitrogen and oxygen atoms in total. The Morgan fingerprint density at radius 2 is 1.31 bits per heavy atom. The van der Waals surface area contributed by atoms with Gasteiger partial charge < -0.3 is 11.5 Å². The zero-order valence-corrected chi connectivity index (χ0v) is 6.37. The van der Waals surface area contributed by atoms with Crippen molar-refractivity contribution in [3.63, 3.8) is 0 Å². The summed E-state index contributed by atoms with van der Waals surface area (Å²) in [7, 11) is 0. The third-order valence-corrected chi connectivity index (χ3v) is 1.63. The van der Waals surface area contributed by atoms with Crippen LogP contribution in [0.2, 0.25) is 0 Å². The lowest BCUT2D eigenvalue weighted by atomic mass is 10.1. The summed E-state index contributed by atoms with van der Waals surface area (Å²) >= 11 is 0. The highest BCUT2D eigenvalue weighted by atomic mass is 19.2. The van der Waals surface area contributed by atoms with Gasteiger partial charge in [0.1, 0.15) is 12.4 Å². The minimum atomic E-state index is -1.59. The first-order valence-electron chi connectivity index (χ1n) is 3.27. The van der Waals surface area contributed by atoms with Gasteiger partial charge >= 0.3 is 0 Å². The van der Waals surface area contributed by atoms with Crippen LogP contribution in [0.1, 0.15) is 5.56 Å². The predicted molar refractivity (Wildman–Crippen MR) is 40.0 cm³/mol. The first-order chi connectivity index (χ1) is 6.00. The van der Waals surface area contributed by atoms with Crippen LogP contribution in [0.4, 0.5) is 28.9 Å². The topological polar surface area (TPSA) is 52.0 Å². The third kappa shape index (κ3) is 1.28. The lowest BCUT2D eigenvalue weighted by Gasteiger charge is -2.08. The molecule has 13 heavy (non-hydrogen) atoms. The Bertz CT molecular complexity index is 322. The average Bonchev–Trinajstić information content (AvgIpc) is 2.13. The van der Waals surface area contributed by atoms with Crippen LogP contribution in [-0.2, 0) is 6.67 Å². The maximum Gasteiger partial charge on any atom is 0.186 e. The van der Waals surface area contributed by atoms with E-state index in [-0.39, 0.29) is 0 Å². The monoisotopic (exact) mass is 194 g/mol. The molecule has 0 heterocycles. The summed E-state index contributed by atoms with van der Waals surface area (Å²) in [5.41, 5.74) is 7.04. The van der Waals surface area contributed by atoms with Crippen molar-refractivity contribution >= 4 is 11.4 Å². The van der Waals surface area contributed by atoms with Gasteiger partial charge in [-0.25, -0.2) is 17.6 Å². The van der Waals surface area contributed by atoms with E-state index in [1.54, 1.807) is 0 Å². The van der Waals surface area contributed by atoms with Gasteiger partial charge in [0.15, 0.2) is 17.5 Å². The highest BCUT2D eigenvalue weighted by Gasteiger charge is 2.21. The molecular weight excluding hydrogens is 188 g/mol. The molecule has 0 unspecified atom stereocenters. The molecule has 0 amide bonds. The highest BCUT2D eigenvalue weighted by Crippen LogP contribution is 2.29. The van der Waals surface area contributed by atoms with Crippen LogP contribution in [-0.4, -0.2) is 0 Å². The van der Waals surface area contributed by atoms with Crippen LogP contribution in [0.25, 0.3) is 0 Å². The Morgan fingerprint density at radius 3 is 1.77 bits per heavy atom. The van der Waals surface area contributed by atoms with Crippen molar-refractivity contribution in [2.24, 2.45) is 0 Å². The number of alkyl halides is 1. The first-order valence-corrected chi connectivity index (χ1v) is 3.27. The van der Waals surface area contributed by atoms with E-state index < -0.39 is 41.1 Å². The summed E-state index contributed by atoms with van der Waals surface area (Å²) in [6.45, 7) is -1.33. The molecule has 0 spiro atoms. The molecule has 4 N–H and O–H groups in total. The molecule has 0 saturated carbocycles. The van der Waals surface area contributed by atoms with E-state index in [1.165, 1.54) is 0 Å². The van der Waals surface area contributed by atoms with Gasteiger partial charge in [-0.05, 0) is 0 Å². The highest BCUT2D eigenvalue weighted by molar-refractivity contribution is 5.58. The molecule has 0 aliphatic carbocycles. The molecule has 0 aromatic heterocycles. The van der Waals surface area contributed by atoms with E-state index in [0.29, 0.717) is 0 Å². The molecule has 1 aromatic rings. The lowest BCUT2D eigenvalue weighted by molar-refractivity contribution is 0.452. The molecule has 0 aliphatic rings. The number of halogens is 4. The van der Waals surface area contributed by atoms with Crippen molar-refractivity contribution in [3.05, 3.63) is 23.0 Å². The summed E-state index contributed by atoms with van der Waals surface area (Å²) < 4.78 is 50.3. The van der Waals surface area contributed by atoms with E-state index in [4.69, 9.17) is 11.5 Å². The molecule has 0 fully saturated rings.